The molecule has 0 saturated carbocycles. The van der Waals surface area contributed by atoms with Gasteiger partial charge in [-0.05, 0) is 60.0 Å². The lowest BCUT2D eigenvalue weighted by atomic mass is 9.77. The summed E-state index contributed by atoms with van der Waals surface area (Å²) >= 11 is 0. The van der Waals surface area contributed by atoms with Crippen molar-refractivity contribution in [3.05, 3.63) is 65.5 Å². The molecule has 2 fully saturated rings. The van der Waals surface area contributed by atoms with Gasteiger partial charge in [-0.2, -0.15) is 17.9 Å². The summed E-state index contributed by atoms with van der Waals surface area (Å²) in [7, 11) is 1.55. The molecule has 1 aromatic heterocycles. The number of methoxy groups -OCH3 is 1. The normalized spacial score (nSPS) is 25.5. The number of hydrogen-bond acceptors (Lipinski definition) is 6. The molecule has 2 aromatic carbocycles. The quantitative estimate of drug-likeness (QED) is 0.635. The average molecular weight is 459 g/mol. The fraction of sp³-hybridized carbons (Fsp3) is 0.435. The van der Waals surface area contributed by atoms with Crippen LogP contribution in [0.25, 0.3) is 5.69 Å². The smallest absolute Gasteiger partial charge is 0.453 e. The first-order valence-electron chi connectivity index (χ1n) is 10.9. The lowest BCUT2D eigenvalue weighted by Crippen LogP contribution is -2.48. The Morgan fingerprint density at radius 3 is 2.76 bits per heavy atom. The third-order valence-electron chi connectivity index (χ3n) is 6.57. The van der Waals surface area contributed by atoms with Gasteiger partial charge < -0.3 is 14.8 Å². The molecule has 7 nitrogen and oxygen atoms in total. The van der Waals surface area contributed by atoms with Crippen molar-refractivity contribution < 1.29 is 22.6 Å². The first kappa shape index (κ1) is 21.8. The van der Waals surface area contributed by atoms with Gasteiger partial charge in [-0.15, -0.1) is 5.10 Å². The highest BCUT2D eigenvalue weighted by Crippen LogP contribution is 2.49. The maximum absolute atomic E-state index is 13.3. The molecule has 5 rings (SSSR count). The molecule has 2 saturated heterocycles. The summed E-state index contributed by atoms with van der Waals surface area (Å²) < 4.78 is 52.8. The Labute approximate surface area is 188 Å². The van der Waals surface area contributed by atoms with Gasteiger partial charge >= 0.3 is 6.18 Å². The lowest BCUT2D eigenvalue weighted by molar-refractivity contribution is -0.146. The van der Waals surface area contributed by atoms with Crippen LogP contribution in [0.5, 0.6) is 5.75 Å². The number of piperidine rings is 1. The van der Waals surface area contributed by atoms with Crippen LogP contribution in [0.4, 0.5) is 13.2 Å². The molecule has 2 aliphatic rings. The van der Waals surface area contributed by atoms with Gasteiger partial charge in [-0.3, -0.25) is 0 Å². The van der Waals surface area contributed by atoms with E-state index in [4.69, 9.17) is 9.47 Å². The highest BCUT2D eigenvalue weighted by Gasteiger charge is 2.49. The second-order valence-corrected chi connectivity index (χ2v) is 8.52. The largest absolute Gasteiger partial charge is 0.496 e. The van der Waals surface area contributed by atoms with Crippen LogP contribution in [0.15, 0.2) is 48.5 Å². The van der Waals surface area contributed by atoms with E-state index in [9.17, 15) is 13.2 Å². The van der Waals surface area contributed by atoms with Crippen molar-refractivity contribution in [2.45, 2.75) is 43.0 Å². The summed E-state index contributed by atoms with van der Waals surface area (Å²) in [5.74, 6) is -0.610. The fourth-order valence-corrected chi connectivity index (χ4v) is 5.12. The molecular formula is C23H24F3N5O2. The molecular weight excluding hydrogens is 435 g/mol. The Morgan fingerprint density at radius 1 is 1.18 bits per heavy atom. The zero-order chi connectivity index (χ0) is 23.1. The summed E-state index contributed by atoms with van der Waals surface area (Å²) in [6.07, 6.45) is -2.04. The van der Waals surface area contributed by atoms with Gasteiger partial charge in [0.05, 0.1) is 31.0 Å². The highest BCUT2D eigenvalue weighted by molar-refractivity contribution is 5.47. The molecule has 1 spiro atoms. The highest BCUT2D eigenvalue weighted by atomic mass is 19.4. The van der Waals surface area contributed by atoms with Crippen LogP contribution in [0.2, 0.25) is 0 Å². The number of nitrogens with one attached hydrogen (secondary N) is 1. The first-order chi connectivity index (χ1) is 15.9. The summed E-state index contributed by atoms with van der Waals surface area (Å²) in [5.41, 5.74) is 1.79. The molecule has 1 N–H and O–H groups in total. The van der Waals surface area contributed by atoms with E-state index in [-0.39, 0.29) is 17.6 Å². The third kappa shape index (κ3) is 3.97. The average Bonchev–Trinajstić information content (AvgIpc) is 3.48. The van der Waals surface area contributed by atoms with Gasteiger partial charge in [-0.25, -0.2) is 0 Å². The van der Waals surface area contributed by atoms with E-state index >= 15 is 0 Å². The van der Waals surface area contributed by atoms with Crippen molar-refractivity contribution >= 4 is 0 Å². The van der Waals surface area contributed by atoms with Crippen molar-refractivity contribution in [2.24, 2.45) is 0 Å². The van der Waals surface area contributed by atoms with Gasteiger partial charge in [0.1, 0.15) is 5.75 Å². The fourth-order valence-electron chi connectivity index (χ4n) is 5.12. The van der Waals surface area contributed by atoms with Crippen molar-refractivity contribution in [1.82, 2.24) is 25.5 Å². The first-order valence-corrected chi connectivity index (χ1v) is 10.9. The molecule has 3 aromatic rings. The molecule has 0 amide bonds. The lowest BCUT2D eigenvalue weighted by Gasteiger charge is -2.41. The molecule has 10 heteroatoms. The SMILES string of the molecule is COc1ccc(-n2nnnc2C(F)(F)F)cc1[C@H]1COC2(CCCNC2c2ccccc2)C1. The van der Waals surface area contributed by atoms with E-state index in [1.807, 2.05) is 18.2 Å². The zero-order valence-electron chi connectivity index (χ0n) is 18.0. The molecule has 174 valence electrons. The van der Waals surface area contributed by atoms with Gasteiger partial charge in [0.2, 0.25) is 0 Å². The Balaban J connectivity index is 1.49. The van der Waals surface area contributed by atoms with E-state index < -0.39 is 17.6 Å². The number of benzene rings is 2. The number of hydrogen-bond donors (Lipinski definition) is 1. The molecule has 3 heterocycles. The Bertz CT molecular complexity index is 1120. The van der Waals surface area contributed by atoms with Crippen LogP contribution in [0, 0.1) is 0 Å². The van der Waals surface area contributed by atoms with E-state index in [0.717, 1.165) is 31.4 Å². The maximum Gasteiger partial charge on any atom is 0.453 e. The Hall–Kier alpha value is -2.98. The van der Waals surface area contributed by atoms with Gasteiger partial charge in [0, 0.05) is 11.5 Å². The standard InChI is InChI=1S/C23H24F3N5O2/c1-32-19-9-8-17(31-21(23(24,25)26)28-29-30-31)12-18(19)16-13-22(33-14-16)10-5-11-27-20(22)15-6-3-2-4-7-15/h2-4,6-9,12,16,20,27H,5,10-11,13-14H2,1H3/t16-,20?,22?/m1/s1. The number of alkyl halides is 3. The Kier molecular flexibility index (Phi) is 5.57. The predicted molar refractivity (Wildman–Crippen MR) is 113 cm³/mol. The molecule has 2 aliphatic heterocycles. The number of nitrogens with zero attached hydrogens (tertiary/aromatic N) is 4. The van der Waals surface area contributed by atoms with Crippen LogP contribution in [0.1, 0.15) is 48.2 Å². The van der Waals surface area contributed by atoms with Crippen molar-refractivity contribution in [2.75, 3.05) is 20.3 Å². The number of rotatable bonds is 4. The topological polar surface area (TPSA) is 74.1 Å². The monoisotopic (exact) mass is 459 g/mol. The number of aromatic nitrogens is 4. The molecule has 0 radical (unpaired) electrons. The molecule has 0 bridgehead atoms. The predicted octanol–water partition coefficient (Wildman–Crippen LogP) is 4.06. The minimum atomic E-state index is -4.67. The van der Waals surface area contributed by atoms with Crippen molar-refractivity contribution in [1.29, 1.82) is 0 Å². The van der Waals surface area contributed by atoms with E-state index in [2.05, 4.69) is 33.0 Å². The van der Waals surface area contributed by atoms with E-state index in [1.54, 1.807) is 19.2 Å². The molecule has 2 unspecified atom stereocenters. The molecule has 33 heavy (non-hydrogen) atoms. The van der Waals surface area contributed by atoms with Crippen LogP contribution >= 0.6 is 0 Å². The zero-order valence-corrected chi connectivity index (χ0v) is 18.0. The second kappa shape index (κ2) is 8.42. The van der Waals surface area contributed by atoms with Gasteiger partial charge in [-0.1, -0.05) is 30.3 Å². The van der Waals surface area contributed by atoms with E-state index in [0.29, 0.717) is 17.0 Å². The molecule has 0 aliphatic carbocycles. The summed E-state index contributed by atoms with van der Waals surface area (Å²) in [5, 5.41) is 13.6. The van der Waals surface area contributed by atoms with Crippen molar-refractivity contribution in [3.63, 3.8) is 0 Å². The number of ether oxygens (including phenoxy) is 2. The number of halogens is 3. The molecule has 3 atom stereocenters. The minimum absolute atomic E-state index is 0.0444. The van der Waals surface area contributed by atoms with Crippen LogP contribution in [-0.4, -0.2) is 46.1 Å². The summed E-state index contributed by atoms with van der Waals surface area (Å²) in [6, 6.07) is 15.1. The van der Waals surface area contributed by atoms with Gasteiger partial charge in [0.15, 0.2) is 0 Å². The summed E-state index contributed by atoms with van der Waals surface area (Å²) in [4.78, 5) is 0. The Morgan fingerprint density at radius 2 is 2.00 bits per heavy atom. The van der Waals surface area contributed by atoms with Crippen LogP contribution < -0.4 is 10.1 Å². The van der Waals surface area contributed by atoms with E-state index in [1.165, 1.54) is 11.6 Å². The maximum atomic E-state index is 13.3. The minimum Gasteiger partial charge on any atom is -0.496 e. The van der Waals surface area contributed by atoms with Crippen LogP contribution in [0.3, 0.4) is 0 Å². The van der Waals surface area contributed by atoms with Gasteiger partial charge in [0.25, 0.3) is 5.82 Å². The second-order valence-electron chi connectivity index (χ2n) is 8.52. The number of tetrazole rings is 1. The van der Waals surface area contributed by atoms with Crippen molar-refractivity contribution in [3.8, 4) is 11.4 Å². The third-order valence-corrected chi connectivity index (χ3v) is 6.57. The van der Waals surface area contributed by atoms with Crippen LogP contribution in [-0.2, 0) is 10.9 Å². The summed E-state index contributed by atoms with van der Waals surface area (Å²) in [6.45, 7) is 1.36.